The highest BCUT2D eigenvalue weighted by Gasteiger charge is 2.27. The Labute approximate surface area is 170 Å². The molecule has 4 rings (SSSR count). The van der Waals surface area contributed by atoms with E-state index in [0.29, 0.717) is 17.5 Å². The van der Waals surface area contributed by atoms with E-state index >= 15 is 0 Å². The number of aryl methyl sites for hydroxylation is 1. The lowest BCUT2D eigenvalue weighted by molar-refractivity contribution is -0.120. The van der Waals surface area contributed by atoms with Gasteiger partial charge in [0.25, 0.3) is 5.89 Å². The first-order valence-electron chi connectivity index (χ1n) is 9.03. The van der Waals surface area contributed by atoms with Crippen molar-refractivity contribution in [1.82, 2.24) is 20.1 Å². The number of hydrogen-bond acceptors (Lipinski definition) is 7. The molecule has 0 atom stereocenters. The van der Waals surface area contributed by atoms with Gasteiger partial charge in [-0.2, -0.15) is 4.98 Å². The number of pyridine rings is 2. The number of halogens is 1. The number of carbonyl (C=O) groups excluding carboxylic acids is 1. The zero-order valence-corrected chi connectivity index (χ0v) is 16.9. The van der Waals surface area contributed by atoms with E-state index in [-0.39, 0.29) is 11.8 Å². The molecule has 8 nitrogen and oxygen atoms in total. The van der Waals surface area contributed by atoms with Crippen LogP contribution in [0.25, 0.3) is 11.5 Å². The van der Waals surface area contributed by atoms with Gasteiger partial charge >= 0.3 is 0 Å². The Bertz CT molecular complexity index is 967. The molecule has 3 aromatic heterocycles. The highest BCUT2D eigenvalue weighted by atomic mass is 79.9. The molecule has 1 N–H and O–H groups in total. The number of aromatic nitrogens is 4. The first-order valence-corrected chi connectivity index (χ1v) is 9.82. The maximum atomic E-state index is 12.6. The second-order valence-electron chi connectivity index (χ2n) is 6.63. The van der Waals surface area contributed by atoms with E-state index in [0.717, 1.165) is 41.8 Å². The minimum Gasteiger partial charge on any atom is -0.356 e. The van der Waals surface area contributed by atoms with Crippen LogP contribution in [0.1, 0.15) is 18.7 Å². The minimum atomic E-state index is -0.0560. The molecule has 0 bridgehead atoms. The number of piperidine rings is 1. The number of nitrogens with zero attached hydrogens (tertiary/aromatic N) is 5. The van der Waals surface area contributed by atoms with Crippen molar-refractivity contribution in [2.24, 2.45) is 5.92 Å². The molecule has 1 aliphatic rings. The molecule has 3 aromatic rings. The summed E-state index contributed by atoms with van der Waals surface area (Å²) in [4.78, 5) is 27.8. The number of nitrogens with one attached hydrogen (secondary N) is 1. The number of rotatable bonds is 4. The molecule has 0 unspecified atom stereocenters. The smallest absolute Gasteiger partial charge is 0.261 e. The Kier molecular flexibility index (Phi) is 5.34. The van der Waals surface area contributed by atoms with Crippen molar-refractivity contribution in [3.05, 3.63) is 47.0 Å². The van der Waals surface area contributed by atoms with Crippen molar-refractivity contribution in [2.75, 3.05) is 23.3 Å². The van der Waals surface area contributed by atoms with Gasteiger partial charge in [-0.05, 0) is 60.0 Å². The lowest BCUT2D eigenvalue weighted by Gasteiger charge is -2.32. The van der Waals surface area contributed by atoms with E-state index in [1.807, 2.05) is 18.2 Å². The Balaban J connectivity index is 1.42. The summed E-state index contributed by atoms with van der Waals surface area (Å²) in [5, 5.41) is 6.76. The first kappa shape index (κ1) is 18.5. The Morgan fingerprint density at radius 3 is 2.75 bits per heavy atom. The second-order valence-corrected chi connectivity index (χ2v) is 7.55. The standard InChI is InChI=1S/C19H19BrN6O2/c1-12-23-19(28-25-12)15-3-2-8-21-17(15)26-9-6-13(7-10-26)18(27)24-16-5-4-14(20)11-22-16/h2-5,8,11,13H,6-7,9-10H2,1H3,(H,22,24,27). The zero-order valence-electron chi connectivity index (χ0n) is 15.3. The monoisotopic (exact) mass is 442 g/mol. The van der Waals surface area contributed by atoms with Gasteiger partial charge in [0, 0.05) is 35.9 Å². The summed E-state index contributed by atoms with van der Waals surface area (Å²) in [5.74, 6) is 2.36. The fourth-order valence-electron chi connectivity index (χ4n) is 3.25. The summed E-state index contributed by atoms with van der Waals surface area (Å²) in [6.45, 7) is 3.24. The summed E-state index contributed by atoms with van der Waals surface area (Å²) < 4.78 is 6.19. The number of anilines is 2. The van der Waals surface area contributed by atoms with E-state index in [2.05, 4.69) is 46.3 Å². The third-order valence-corrected chi connectivity index (χ3v) is 5.16. The van der Waals surface area contributed by atoms with Gasteiger partial charge in [-0.3, -0.25) is 4.79 Å². The molecule has 1 aliphatic heterocycles. The Morgan fingerprint density at radius 2 is 2.07 bits per heavy atom. The highest BCUT2D eigenvalue weighted by molar-refractivity contribution is 9.10. The van der Waals surface area contributed by atoms with E-state index in [1.54, 1.807) is 25.4 Å². The first-order chi connectivity index (χ1) is 13.6. The Morgan fingerprint density at radius 1 is 1.25 bits per heavy atom. The predicted octanol–water partition coefficient (Wildman–Crippen LogP) is 3.45. The van der Waals surface area contributed by atoms with Crippen LogP contribution in [-0.4, -0.2) is 39.1 Å². The van der Waals surface area contributed by atoms with Crippen molar-refractivity contribution >= 4 is 33.5 Å². The summed E-state index contributed by atoms with van der Waals surface area (Å²) in [5.41, 5.74) is 0.810. The van der Waals surface area contributed by atoms with E-state index in [9.17, 15) is 4.79 Å². The summed E-state index contributed by atoms with van der Waals surface area (Å²) in [7, 11) is 0. The van der Waals surface area contributed by atoms with Crippen LogP contribution >= 0.6 is 15.9 Å². The van der Waals surface area contributed by atoms with Gasteiger partial charge in [-0.25, -0.2) is 9.97 Å². The van der Waals surface area contributed by atoms with Gasteiger partial charge in [0.2, 0.25) is 5.91 Å². The average molecular weight is 443 g/mol. The van der Waals surface area contributed by atoms with Crippen LogP contribution in [-0.2, 0) is 4.79 Å². The fourth-order valence-corrected chi connectivity index (χ4v) is 3.49. The van der Waals surface area contributed by atoms with Crippen LogP contribution in [0.15, 0.2) is 45.7 Å². The molecule has 9 heteroatoms. The largest absolute Gasteiger partial charge is 0.356 e. The van der Waals surface area contributed by atoms with E-state index < -0.39 is 0 Å². The van der Waals surface area contributed by atoms with Crippen LogP contribution in [0.5, 0.6) is 0 Å². The number of amides is 1. The predicted molar refractivity (Wildman–Crippen MR) is 108 cm³/mol. The molecule has 0 radical (unpaired) electrons. The molecule has 1 amide bonds. The van der Waals surface area contributed by atoms with Crippen molar-refractivity contribution in [2.45, 2.75) is 19.8 Å². The lowest BCUT2D eigenvalue weighted by Crippen LogP contribution is -2.38. The number of carbonyl (C=O) groups is 1. The fraction of sp³-hybridized carbons (Fsp3) is 0.316. The third-order valence-electron chi connectivity index (χ3n) is 4.69. The normalized spacial score (nSPS) is 14.9. The SMILES string of the molecule is Cc1noc(-c2cccnc2N2CCC(C(=O)Nc3ccc(Br)cn3)CC2)n1. The van der Waals surface area contributed by atoms with Gasteiger partial charge in [-0.1, -0.05) is 5.16 Å². The average Bonchev–Trinajstić information content (AvgIpc) is 3.16. The minimum absolute atomic E-state index is 0.00300. The van der Waals surface area contributed by atoms with Crippen LogP contribution < -0.4 is 10.2 Å². The maximum Gasteiger partial charge on any atom is 0.261 e. The van der Waals surface area contributed by atoms with Crippen LogP contribution in [0.2, 0.25) is 0 Å². The van der Waals surface area contributed by atoms with Gasteiger partial charge in [0.1, 0.15) is 11.6 Å². The summed E-state index contributed by atoms with van der Waals surface area (Å²) >= 11 is 3.34. The van der Waals surface area contributed by atoms with E-state index in [1.165, 1.54) is 0 Å². The molecule has 28 heavy (non-hydrogen) atoms. The van der Waals surface area contributed by atoms with Gasteiger partial charge in [0.15, 0.2) is 5.82 Å². The Hall–Kier alpha value is -2.81. The maximum absolute atomic E-state index is 12.6. The highest BCUT2D eigenvalue weighted by Crippen LogP contribution is 2.30. The van der Waals surface area contributed by atoms with Gasteiger partial charge in [-0.15, -0.1) is 0 Å². The molecule has 0 spiro atoms. The van der Waals surface area contributed by atoms with Crippen molar-refractivity contribution in [3.8, 4) is 11.5 Å². The second kappa shape index (κ2) is 8.05. The lowest BCUT2D eigenvalue weighted by atomic mass is 9.95. The zero-order chi connectivity index (χ0) is 19.5. The topological polar surface area (TPSA) is 97.0 Å². The molecule has 0 saturated carbocycles. The third kappa shape index (κ3) is 4.04. The summed E-state index contributed by atoms with van der Waals surface area (Å²) in [6, 6.07) is 7.41. The van der Waals surface area contributed by atoms with Crippen molar-refractivity contribution < 1.29 is 9.32 Å². The molecule has 1 saturated heterocycles. The van der Waals surface area contributed by atoms with E-state index in [4.69, 9.17) is 4.52 Å². The van der Waals surface area contributed by atoms with Gasteiger partial charge in [0.05, 0.1) is 5.56 Å². The van der Waals surface area contributed by atoms with Gasteiger partial charge < -0.3 is 14.7 Å². The van der Waals surface area contributed by atoms with Crippen molar-refractivity contribution in [1.29, 1.82) is 0 Å². The molecule has 0 aromatic carbocycles. The summed E-state index contributed by atoms with van der Waals surface area (Å²) in [6.07, 6.45) is 4.89. The molecule has 0 aliphatic carbocycles. The van der Waals surface area contributed by atoms with Crippen LogP contribution in [0.4, 0.5) is 11.6 Å². The molecule has 144 valence electrons. The molecule has 1 fully saturated rings. The van der Waals surface area contributed by atoms with Crippen LogP contribution in [0, 0.1) is 12.8 Å². The quantitative estimate of drug-likeness (QED) is 0.660. The molecule has 4 heterocycles. The van der Waals surface area contributed by atoms with Crippen LogP contribution in [0.3, 0.4) is 0 Å². The van der Waals surface area contributed by atoms with Crippen molar-refractivity contribution in [3.63, 3.8) is 0 Å². The number of hydrogen-bond donors (Lipinski definition) is 1. The molecular formula is C19H19BrN6O2. The molecular weight excluding hydrogens is 424 g/mol.